The predicted octanol–water partition coefficient (Wildman–Crippen LogP) is 4.19. The highest BCUT2D eigenvalue weighted by Crippen LogP contribution is 2.18. The first-order valence-corrected chi connectivity index (χ1v) is 11.6. The minimum atomic E-state index is -3.83. The van der Waals surface area contributed by atoms with Crippen molar-refractivity contribution in [2.24, 2.45) is 0 Å². The van der Waals surface area contributed by atoms with Crippen LogP contribution in [0.25, 0.3) is 0 Å². The molecule has 32 heavy (non-hydrogen) atoms. The number of rotatable bonds is 10. The molecule has 0 spiro atoms. The van der Waals surface area contributed by atoms with Crippen molar-refractivity contribution in [3.05, 3.63) is 94.8 Å². The molecule has 0 atom stereocenters. The number of nitrogens with one attached hydrogen (secondary N) is 1. The van der Waals surface area contributed by atoms with Crippen LogP contribution in [0.1, 0.15) is 34.0 Å². The second-order valence-corrected chi connectivity index (χ2v) is 8.95. The summed E-state index contributed by atoms with van der Waals surface area (Å²) in [6.45, 7) is 2.29. The van der Waals surface area contributed by atoms with Gasteiger partial charge in [-0.15, -0.1) is 0 Å². The van der Waals surface area contributed by atoms with E-state index in [0.717, 1.165) is 11.1 Å². The van der Waals surface area contributed by atoms with Gasteiger partial charge in [-0.3, -0.25) is 0 Å². The zero-order chi connectivity index (χ0) is 23.1. The Morgan fingerprint density at radius 3 is 2.28 bits per heavy atom. The molecule has 0 aliphatic rings. The van der Waals surface area contributed by atoms with Crippen LogP contribution in [-0.2, 0) is 29.5 Å². The topological polar surface area (TPSA) is 92.7 Å². The van der Waals surface area contributed by atoms with Gasteiger partial charge in [0.25, 0.3) is 0 Å². The van der Waals surface area contributed by atoms with E-state index in [9.17, 15) is 22.7 Å². The summed E-state index contributed by atoms with van der Waals surface area (Å²) < 4.78 is 46.2. The largest absolute Gasteiger partial charge is 0.489 e. The van der Waals surface area contributed by atoms with E-state index >= 15 is 0 Å². The maximum atomic E-state index is 12.9. The lowest BCUT2D eigenvalue weighted by Gasteiger charge is -2.10. The molecule has 0 fully saturated rings. The maximum Gasteiger partial charge on any atom is 0.336 e. The van der Waals surface area contributed by atoms with Gasteiger partial charge in [0, 0.05) is 6.54 Å². The fourth-order valence-electron chi connectivity index (χ4n) is 3.14. The van der Waals surface area contributed by atoms with Gasteiger partial charge in [-0.1, -0.05) is 37.3 Å². The van der Waals surface area contributed by atoms with E-state index in [1.165, 1.54) is 30.3 Å². The Bertz CT molecular complexity index is 1180. The Kier molecular flexibility index (Phi) is 7.61. The Labute approximate surface area is 186 Å². The zero-order valence-electron chi connectivity index (χ0n) is 17.5. The fraction of sp³-hybridized carbons (Fsp3) is 0.208. The van der Waals surface area contributed by atoms with Crippen molar-refractivity contribution in [2.45, 2.75) is 31.3 Å². The van der Waals surface area contributed by atoms with Gasteiger partial charge in [-0.25, -0.2) is 22.3 Å². The van der Waals surface area contributed by atoms with Gasteiger partial charge in [0.1, 0.15) is 18.2 Å². The molecule has 0 bridgehead atoms. The molecule has 8 heteroatoms. The van der Waals surface area contributed by atoms with E-state index in [0.29, 0.717) is 30.8 Å². The Morgan fingerprint density at radius 1 is 1.00 bits per heavy atom. The summed E-state index contributed by atoms with van der Waals surface area (Å²) in [4.78, 5) is 11.3. The first kappa shape index (κ1) is 23.4. The second kappa shape index (κ2) is 10.4. The van der Waals surface area contributed by atoms with Crippen LogP contribution in [0.2, 0.25) is 0 Å². The molecule has 0 radical (unpaired) electrons. The molecule has 3 aromatic carbocycles. The van der Waals surface area contributed by atoms with Gasteiger partial charge >= 0.3 is 5.97 Å². The van der Waals surface area contributed by atoms with Crippen molar-refractivity contribution in [3.63, 3.8) is 0 Å². The monoisotopic (exact) mass is 457 g/mol. The lowest BCUT2D eigenvalue weighted by Crippen LogP contribution is -2.26. The van der Waals surface area contributed by atoms with Gasteiger partial charge in [0.15, 0.2) is 0 Å². The molecule has 0 amide bonds. The van der Waals surface area contributed by atoms with Crippen LogP contribution in [-0.4, -0.2) is 26.0 Å². The molecule has 3 aromatic rings. The van der Waals surface area contributed by atoms with E-state index < -0.39 is 16.0 Å². The number of sulfonamides is 1. The number of carboxylic acids is 1. The van der Waals surface area contributed by atoms with E-state index in [2.05, 4.69) is 4.72 Å². The van der Waals surface area contributed by atoms with Gasteiger partial charge in [0.2, 0.25) is 10.0 Å². The van der Waals surface area contributed by atoms with Crippen molar-refractivity contribution < 1.29 is 27.4 Å². The highest BCUT2D eigenvalue weighted by atomic mass is 32.2. The molecular formula is C24H24FNO5S. The first-order valence-electron chi connectivity index (χ1n) is 10.1. The second-order valence-electron chi connectivity index (χ2n) is 7.18. The van der Waals surface area contributed by atoms with Gasteiger partial charge < -0.3 is 9.84 Å². The van der Waals surface area contributed by atoms with Crippen LogP contribution in [0, 0.1) is 5.82 Å². The van der Waals surface area contributed by atoms with Crippen molar-refractivity contribution in [3.8, 4) is 5.75 Å². The molecule has 0 aromatic heterocycles. The molecule has 6 nitrogen and oxygen atoms in total. The van der Waals surface area contributed by atoms with Crippen LogP contribution in [0.15, 0.2) is 71.6 Å². The normalized spacial score (nSPS) is 11.3. The molecule has 168 valence electrons. The minimum Gasteiger partial charge on any atom is -0.489 e. The third-order valence-electron chi connectivity index (χ3n) is 4.95. The third kappa shape index (κ3) is 6.15. The summed E-state index contributed by atoms with van der Waals surface area (Å²) in [5, 5.41) is 9.31. The van der Waals surface area contributed by atoms with Gasteiger partial charge in [-0.2, -0.15) is 0 Å². The minimum absolute atomic E-state index is 0.00778. The number of carbonyl (C=O) groups is 1. The van der Waals surface area contributed by atoms with Crippen LogP contribution in [0.4, 0.5) is 4.39 Å². The number of halogens is 1. The number of carboxylic acid groups (broad SMARTS) is 1. The number of hydrogen-bond acceptors (Lipinski definition) is 4. The molecule has 0 saturated carbocycles. The Morgan fingerprint density at radius 2 is 1.66 bits per heavy atom. The highest BCUT2D eigenvalue weighted by Gasteiger charge is 2.18. The molecule has 0 saturated heterocycles. The molecule has 0 aliphatic heterocycles. The van der Waals surface area contributed by atoms with Crippen molar-refractivity contribution in [1.29, 1.82) is 0 Å². The van der Waals surface area contributed by atoms with Gasteiger partial charge in [0.05, 0.1) is 10.5 Å². The van der Waals surface area contributed by atoms with Crippen LogP contribution < -0.4 is 9.46 Å². The molecule has 0 heterocycles. The van der Waals surface area contributed by atoms with Crippen LogP contribution >= 0.6 is 0 Å². The summed E-state index contributed by atoms with van der Waals surface area (Å²) in [5.41, 5.74) is 2.34. The SMILES string of the molecule is CCc1ccc(S(=O)(=O)NCCc2ccc(OCc3ccc(F)cc3)cc2)cc1C(=O)O. The summed E-state index contributed by atoms with van der Waals surface area (Å²) in [7, 11) is -3.83. The fourth-order valence-corrected chi connectivity index (χ4v) is 4.20. The zero-order valence-corrected chi connectivity index (χ0v) is 18.4. The smallest absolute Gasteiger partial charge is 0.336 e. The van der Waals surface area contributed by atoms with Crippen LogP contribution in [0.3, 0.4) is 0 Å². The molecule has 3 rings (SSSR count). The standard InChI is InChI=1S/C24H24FNO5S/c1-2-19-7-12-22(15-23(19)24(27)28)32(29,30)26-14-13-17-5-10-21(11-6-17)31-16-18-3-8-20(25)9-4-18/h3-12,15,26H,2,13-14,16H2,1H3,(H,27,28). The third-order valence-corrected chi connectivity index (χ3v) is 6.41. The lowest BCUT2D eigenvalue weighted by atomic mass is 10.1. The van der Waals surface area contributed by atoms with Crippen molar-refractivity contribution >= 4 is 16.0 Å². The van der Waals surface area contributed by atoms with Crippen molar-refractivity contribution in [2.75, 3.05) is 6.54 Å². The molecule has 0 aliphatic carbocycles. The number of aromatic carboxylic acids is 1. The van der Waals surface area contributed by atoms with Gasteiger partial charge in [-0.05, 0) is 65.9 Å². The average molecular weight is 458 g/mol. The predicted molar refractivity (Wildman–Crippen MR) is 119 cm³/mol. The maximum absolute atomic E-state index is 12.9. The number of benzene rings is 3. The summed E-state index contributed by atoms with van der Waals surface area (Å²) in [6, 6.07) is 17.5. The molecule has 0 unspecified atom stereocenters. The highest BCUT2D eigenvalue weighted by molar-refractivity contribution is 7.89. The van der Waals surface area contributed by atoms with E-state index in [1.54, 1.807) is 24.3 Å². The summed E-state index contributed by atoms with van der Waals surface area (Å²) in [5.74, 6) is -0.800. The lowest BCUT2D eigenvalue weighted by molar-refractivity contribution is 0.0695. The van der Waals surface area contributed by atoms with E-state index in [1.807, 2.05) is 19.1 Å². The first-order chi connectivity index (χ1) is 15.3. The number of hydrogen-bond donors (Lipinski definition) is 2. The Balaban J connectivity index is 1.54. The number of ether oxygens (including phenoxy) is 1. The van der Waals surface area contributed by atoms with Crippen molar-refractivity contribution in [1.82, 2.24) is 4.72 Å². The summed E-state index contributed by atoms with van der Waals surface area (Å²) in [6.07, 6.45) is 0.954. The average Bonchev–Trinajstić information content (AvgIpc) is 2.79. The number of aryl methyl sites for hydroxylation is 1. The Hall–Kier alpha value is -3.23. The van der Waals surface area contributed by atoms with Crippen LogP contribution in [0.5, 0.6) is 5.75 Å². The molecular weight excluding hydrogens is 433 g/mol. The quantitative estimate of drug-likeness (QED) is 0.476. The van der Waals surface area contributed by atoms with E-state index in [4.69, 9.17) is 4.74 Å². The van der Waals surface area contributed by atoms with E-state index in [-0.39, 0.29) is 22.8 Å². The molecule has 2 N–H and O–H groups in total. The summed E-state index contributed by atoms with van der Waals surface area (Å²) >= 11 is 0.